The largest absolute Gasteiger partial charge is 0.367 e. The SMILES string of the molecule is O=C(COCC(F)(F)C(F)F)Cc1ccc(Cl)cc1Cl. The minimum atomic E-state index is -4.27. The van der Waals surface area contributed by atoms with Crippen LogP contribution in [0, 0.1) is 0 Å². The molecule has 0 amide bonds. The highest BCUT2D eigenvalue weighted by atomic mass is 35.5. The molecule has 8 heteroatoms. The predicted molar refractivity (Wildman–Crippen MR) is 66.9 cm³/mol. The number of carbonyl (C=O) groups is 1. The van der Waals surface area contributed by atoms with Gasteiger partial charge in [-0.2, -0.15) is 8.78 Å². The average molecular weight is 333 g/mol. The van der Waals surface area contributed by atoms with Gasteiger partial charge in [0.05, 0.1) is 0 Å². The predicted octanol–water partition coefficient (Wildman–Crippen LogP) is 4.02. The van der Waals surface area contributed by atoms with Crippen LogP contribution in [0.25, 0.3) is 0 Å². The van der Waals surface area contributed by atoms with Crippen LogP contribution in [0.5, 0.6) is 0 Å². The lowest BCUT2D eigenvalue weighted by Gasteiger charge is -2.14. The first-order valence-corrected chi connectivity index (χ1v) is 6.17. The molecule has 0 heterocycles. The van der Waals surface area contributed by atoms with Gasteiger partial charge in [0.15, 0.2) is 5.78 Å². The number of hydrogen-bond donors (Lipinski definition) is 0. The maximum atomic E-state index is 12.5. The van der Waals surface area contributed by atoms with E-state index in [1.54, 1.807) is 0 Å². The highest BCUT2D eigenvalue weighted by Gasteiger charge is 2.41. The second kappa shape index (κ2) is 7.24. The molecule has 1 aromatic carbocycles. The van der Waals surface area contributed by atoms with Crippen LogP contribution in [0.4, 0.5) is 17.6 Å². The standard InChI is InChI=1S/C12H10Cl2F4O2/c13-8-2-1-7(10(14)4-8)3-9(19)5-20-6-12(17,18)11(15)16/h1-2,4,11H,3,5-6H2. The molecule has 0 bridgehead atoms. The van der Waals surface area contributed by atoms with E-state index in [-0.39, 0.29) is 11.4 Å². The van der Waals surface area contributed by atoms with Crippen LogP contribution in [0.15, 0.2) is 18.2 Å². The molecule has 0 radical (unpaired) electrons. The van der Waals surface area contributed by atoms with E-state index < -0.39 is 31.3 Å². The van der Waals surface area contributed by atoms with Crippen LogP contribution in [-0.4, -0.2) is 31.3 Å². The Morgan fingerprint density at radius 3 is 2.50 bits per heavy atom. The molecule has 1 rings (SSSR count). The summed E-state index contributed by atoms with van der Waals surface area (Å²) in [5.74, 6) is -4.82. The second-order valence-corrected chi connectivity index (χ2v) is 4.85. The maximum absolute atomic E-state index is 12.5. The van der Waals surface area contributed by atoms with E-state index in [0.29, 0.717) is 10.6 Å². The number of alkyl halides is 4. The molecule has 0 unspecified atom stereocenters. The fourth-order valence-corrected chi connectivity index (χ4v) is 1.77. The van der Waals surface area contributed by atoms with Gasteiger partial charge in [0, 0.05) is 16.5 Å². The third-order valence-electron chi connectivity index (χ3n) is 2.28. The van der Waals surface area contributed by atoms with Gasteiger partial charge < -0.3 is 4.74 Å². The van der Waals surface area contributed by atoms with E-state index in [9.17, 15) is 22.4 Å². The zero-order valence-electron chi connectivity index (χ0n) is 10.0. The Bertz CT molecular complexity index is 481. The Hall–Kier alpha value is -0.850. The van der Waals surface area contributed by atoms with Gasteiger partial charge >= 0.3 is 12.3 Å². The van der Waals surface area contributed by atoms with Crippen molar-refractivity contribution in [1.82, 2.24) is 0 Å². The molecule has 0 saturated carbocycles. The van der Waals surface area contributed by atoms with E-state index in [1.165, 1.54) is 18.2 Å². The fourth-order valence-electron chi connectivity index (χ4n) is 1.29. The summed E-state index contributed by atoms with van der Waals surface area (Å²) in [5.41, 5.74) is 0.449. The van der Waals surface area contributed by atoms with E-state index in [1.807, 2.05) is 0 Å². The smallest absolute Gasteiger partial charge is 0.330 e. The number of carbonyl (C=O) groups excluding carboxylic acids is 1. The van der Waals surface area contributed by atoms with Crippen LogP contribution in [0.3, 0.4) is 0 Å². The molecule has 0 aliphatic heterocycles. The van der Waals surface area contributed by atoms with Crippen molar-refractivity contribution in [2.75, 3.05) is 13.2 Å². The summed E-state index contributed by atoms with van der Waals surface area (Å²) < 4.78 is 53.0. The van der Waals surface area contributed by atoms with Crippen LogP contribution in [0.2, 0.25) is 10.0 Å². The van der Waals surface area contributed by atoms with E-state index in [2.05, 4.69) is 4.74 Å². The van der Waals surface area contributed by atoms with Crippen molar-refractivity contribution in [2.45, 2.75) is 18.8 Å². The summed E-state index contributed by atoms with van der Waals surface area (Å²) in [6.45, 7) is -2.20. The summed E-state index contributed by atoms with van der Waals surface area (Å²) in [4.78, 5) is 11.5. The summed E-state index contributed by atoms with van der Waals surface area (Å²) >= 11 is 11.5. The minimum absolute atomic E-state index is 0.156. The molecule has 0 aliphatic rings. The van der Waals surface area contributed by atoms with Crippen LogP contribution in [0.1, 0.15) is 5.56 Å². The Balaban J connectivity index is 2.45. The highest BCUT2D eigenvalue weighted by molar-refractivity contribution is 6.35. The summed E-state index contributed by atoms with van der Waals surface area (Å²) in [6.07, 6.45) is -3.99. The molecule has 20 heavy (non-hydrogen) atoms. The molecule has 0 aliphatic carbocycles. The molecule has 0 aromatic heterocycles. The minimum Gasteiger partial charge on any atom is -0.367 e. The fraction of sp³-hybridized carbons (Fsp3) is 0.417. The highest BCUT2D eigenvalue weighted by Crippen LogP contribution is 2.23. The van der Waals surface area contributed by atoms with Crippen LogP contribution < -0.4 is 0 Å². The van der Waals surface area contributed by atoms with Gasteiger partial charge in [0.25, 0.3) is 0 Å². The topological polar surface area (TPSA) is 26.3 Å². The molecule has 2 nitrogen and oxygen atoms in total. The van der Waals surface area contributed by atoms with Gasteiger partial charge in [0.1, 0.15) is 13.2 Å². The second-order valence-electron chi connectivity index (χ2n) is 4.01. The van der Waals surface area contributed by atoms with Gasteiger partial charge in [-0.25, -0.2) is 8.78 Å². The number of rotatable bonds is 7. The Labute approximate surface area is 122 Å². The quantitative estimate of drug-likeness (QED) is 0.705. The van der Waals surface area contributed by atoms with Crippen molar-refractivity contribution in [3.05, 3.63) is 33.8 Å². The lowest BCUT2D eigenvalue weighted by atomic mass is 10.1. The van der Waals surface area contributed by atoms with Gasteiger partial charge in [-0.1, -0.05) is 29.3 Å². The zero-order chi connectivity index (χ0) is 15.3. The Morgan fingerprint density at radius 2 is 1.95 bits per heavy atom. The molecule has 112 valence electrons. The Morgan fingerprint density at radius 1 is 1.30 bits per heavy atom. The lowest BCUT2D eigenvalue weighted by Crippen LogP contribution is -2.33. The maximum Gasteiger partial charge on any atom is 0.330 e. The summed E-state index contributed by atoms with van der Waals surface area (Å²) in [7, 11) is 0. The van der Waals surface area contributed by atoms with Crippen molar-refractivity contribution < 1.29 is 27.1 Å². The van der Waals surface area contributed by atoms with Gasteiger partial charge in [-0.3, -0.25) is 4.79 Å². The van der Waals surface area contributed by atoms with Crippen molar-refractivity contribution >= 4 is 29.0 Å². The van der Waals surface area contributed by atoms with Gasteiger partial charge in [-0.15, -0.1) is 0 Å². The summed E-state index contributed by atoms with van der Waals surface area (Å²) in [5, 5.41) is 0.641. The van der Waals surface area contributed by atoms with E-state index in [0.717, 1.165) is 0 Å². The first-order chi connectivity index (χ1) is 9.22. The van der Waals surface area contributed by atoms with Gasteiger partial charge in [0.2, 0.25) is 0 Å². The van der Waals surface area contributed by atoms with E-state index >= 15 is 0 Å². The molecule has 0 N–H and O–H groups in total. The number of hydrogen-bond acceptors (Lipinski definition) is 2. The van der Waals surface area contributed by atoms with Crippen LogP contribution in [-0.2, 0) is 16.0 Å². The monoisotopic (exact) mass is 332 g/mol. The summed E-state index contributed by atoms with van der Waals surface area (Å²) in [6, 6.07) is 4.45. The Kier molecular flexibility index (Phi) is 6.23. The molecule has 0 fully saturated rings. The van der Waals surface area contributed by atoms with Crippen molar-refractivity contribution in [1.29, 1.82) is 0 Å². The zero-order valence-corrected chi connectivity index (χ0v) is 11.5. The van der Waals surface area contributed by atoms with Crippen molar-refractivity contribution in [3.63, 3.8) is 0 Å². The van der Waals surface area contributed by atoms with E-state index in [4.69, 9.17) is 23.2 Å². The molecule has 1 aromatic rings. The van der Waals surface area contributed by atoms with Crippen molar-refractivity contribution in [2.24, 2.45) is 0 Å². The number of Topliss-reactive ketones (excluding diaryl/α,β-unsaturated/α-hetero) is 1. The number of ether oxygens (including phenoxy) is 1. The van der Waals surface area contributed by atoms with Crippen molar-refractivity contribution in [3.8, 4) is 0 Å². The molecular formula is C12H10Cl2F4O2. The average Bonchev–Trinajstić information content (AvgIpc) is 2.32. The van der Waals surface area contributed by atoms with Crippen LogP contribution >= 0.6 is 23.2 Å². The lowest BCUT2D eigenvalue weighted by molar-refractivity contribution is -0.168. The first kappa shape index (κ1) is 17.2. The third kappa shape index (κ3) is 5.26. The normalized spacial score (nSPS) is 11.9. The molecule has 0 saturated heterocycles. The first-order valence-electron chi connectivity index (χ1n) is 5.41. The molecule has 0 spiro atoms. The number of ketones is 1. The number of halogens is 6. The molecule has 0 atom stereocenters. The van der Waals surface area contributed by atoms with Gasteiger partial charge in [-0.05, 0) is 17.7 Å². The third-order valence-corrected chi connectivity index (χ3v) is 2.87. The number of benzene rings is 1. The molecular weight excluding hydrogens is 323 g/mol.